The average molecular weight is 420 g/mol. The van der Waals surface area contributed by atoms with Crippen molar-refractivity contribution >= 4 is 34.2 Å². The number of hydrogen-bond donors (Lipinski definition) is 1. The Hall–Kier alpha value is -2.75. The maximum Gasteiger partial charge on any atom is 0.311 e. The molecule has 3 rings (SSSR count). The number of ether oxygens (including phenoxy) is 1. The first-order chi connectivity index (χ1) is 13.9. The second-order valence-corrected chi connectivity index (χ2v) is 7.89. The van der Waals surface area contributed by atoms with E-state index in [4.69, 9.17) is 4.74 Å². The summed E-state index contributed by atoms with van der Waals surface area (Å²) < 4.78 is 6.05. The van der Waals surface area contributed by atoms with Gasteiger partial charge in [-0.1, -0.05) is 6.92 Å². The summed E-state index contributed by atoms with van der Waals surface area (Å²) >= 11 is 1.21. The summed E-state index contributed by atoms with van der Waals surface area (Å²) in [6.45, 7) is 5.85. The first-order valence-corrected chi connectivity index (χ1v) is 10.6. The fraction of sp³-hybridized carbons (Fsp3) is 0.526. The van der Waals surface area contributed by atoms with Crippen molar-refractivity contribution in [3.05, 3.63) is 33.6 Å². The molecule has 0 spiro atoms. The van der Waals surface area contributed by atoms with Crippen molar-refractivity contribution < 1.29 is 14.3 Å². The van der Waals surface area contributed by atoms with E-state index >= 15 is 0 Å². The summed E-state index contributed by atoms with van der Waals surface area (Å²) in [6.07, 6.45) is 2.22. The Bertz CT molecular complexity index is 917. The van der Waals surface area contributed by atoms with E-state index in [1.54, 1.807) is 18.4 Å². The van der Waals surface area contributed by atoms with Gasteiger partial charge in [-0.2, -0.15) is 5.10 Å². The van der Waals surface area contributed by atoms with Gasteiger partial charge in [0.15, 0.2) is 5.13 Å². The lowest BCUT2D eigenvalue weighted by atomic mass is 9.99. The third-order valence-corrected chi connectivity index (χ3v) is 5.49. The highest BCUT2D eigenvalue weighted by Gasteiger charge is 2.18. The Balaban J connectivity index is 1.60. The van der Waals surface area contributed by atoms with Crippen LogP contribution in [0.3, 0.4) is 0 Å². The van der Waals surface area contributed by atoms with E-state index in [1.165, 1.54) is 17.4 Å². The average Bonchev–Trinajstić information content (AvgIpc) is 3.11. The lowest BCUT2D eigenvalue weighted by Crippen LogP contribution is -2.36. The number of rotatable bonds is 7. The zero-order valence-corrected chi connectivity index (χ0v) is 17.4. The zero-order chi connectivity index (χ0) is 20.8. The quantitative estimate of drug-likeness (QED) is 0.681. The van der Waals surface area contributed by atoms with Crippen LogP contribution in [0.25, 0.3) is 0 Å². The molecule has 0 unspecified atom stereocenters. The Labute approximate surface area is 172 Å². The monoisotopic (exact) mass is 419 g/mol. The molecule has 156 valence electrons. The number of amides is 1. The maximum absolute atomic E-state index is 12.3. The minimum absolute atomic E-state index is 0.0533. The third-order valence-electron chi connectivity index (χ3n) is 4.68. The molecule has 0 aromatic carbocycles. The third kappa shape index (κ3) is 5.86. The molecule has 0 atom stereocenters. The number of carbonyl (C=O) groups excluding carboxylic acids is 2. The fourth-order valence-electron chi connectivity index (χ4n) is 3.06. The van der Waals surface area contributed by atoms with Gasteiger partial charge in [0.2, 0.25) is 5.91 Å². The predicted octanol–water partition coefficient (Wildman–Crippen LogP) is 1.68. The minimum atomic E-state index is -0.402. The van der Waals surface area contributed by atoms with E-state index in [1.807, 2.05) is 0 Å². The zero-order valence-electron chi connectivity index (χ0n) is 16.6. The molecular weight excluding hydrogens is 394 g/mol. The number of aromatic nitrogens is 3. The summed E-state index contributed by atoms with van der Waals surface area (Å²) in [7, 11) is 0. The molecule has 0 bridgehead atoms. The van der Waals surface area contributed by atoms with Crippen LogP contribution in [0.5, 0.6) is 0 Å². The van der Waals surface area contributed by atoms with Gasteiger partial charge >= 0.3 is 5.97 Å². The summed E-state index contributed by atoms with van der Waals surface area (Å²) in [6, 6.07) is 3.14. The summed E-state index contributed by atoms with van der Waals surface area (Å²) in [5.41, 5.74) is 0.191. The van der Waals surface area contributed by atoms with Crippen LogP contribution in [0.15, 0.2) is 22.3 Å². The van der Waals surface area contributed by atoms with Gasteiger partial charge in [0.1, 0.15) is 12.4 Å². The Kier molecular flexibility index (Phi) is 6.97. The molecule has 9 nitrogen and oxygen atoms in total. The molecule has 1 N–H and O–H groups in total. The lowest BCUT2D eigenvalue weighted by Gasteiger charge is -2.31. The molecule has 1 amide bonds. The smallest absolute Gasteiger partial charge is 0.311 e. The van der Waals surface area contributed by atoms with E-state index in [0.29, 0.717) is 29.2 Å². The first-order valence-electron chi connectivity index (χ1n) is 9.67. The molecule has 2 aromatic heterocycles. The highest BCUT2D eigenvalue weighted by atomic mass is 32.1. The van der Waals surface area contributed by atoms with E-state index in [-0.39, 0.29) is 24.5 Å². The molecule has 3 heterocycles. The number of esters is 1. The van der Waals surface area contributed by atoms with E-state index in [2.05, 4.69) is 27.2 Å². The largest absolute Gasteiger partial charge is 0.466 e. The van der Waals surface area contributed by atoms with E-state index in [0.717, 1.165) is 30.6 Å². The second-order valence-electron chi connectivity index (χ2n) is 7.03. The van der Waals surface area contributed by atoms with Gasteiger partial charge in [0, 0.05) is 24.5 Å². The van der Waals surface area contributed by atoms with Gasteiger partial charge in [-0.15, -0.1) is 11.3 Å². The molecule has 29 heavy (non-hydrogen) atoms. The van der Waals surface area contributed by atoms with Crippen molar-refractivity contribution in [2.24, 2.45) is 5.92 Å². The summed E-state index contributed by atoms with van der Waals surface area (Å²) in [5.74, 6) is 0.627. The summed E-state index contributed by atoms with van der Waals surface area (Å²) in [5, 5.41) is 9.06. The predicted molar refractivity (Wildman–Crippen MR) is 110 cm³/mol. The van der Waals surface area contributed by atoms with Gasteiger partial charge in [-0.25, -0.2) is 9.67 Å². The number of carbonyl (C=O) groups is 2. The van der Waals surface area contributed by atoms with Gasteiger partial charge in [-0.3, -0.25) is 14.4 Å². The first kappa shape index (κ1) is 21.0. The lowest BCUT2D eigenvalue weighted by molar-refractivity contribution is -0.142. The molecule has 1 saturated heterocycles. The Morgan fingerprint density at radius 2 is 2.07 bits per heavy atom. The number of nitrogens with one attached hydrogen (secondary N) is 1. The SMILES string of the molecule is CCOC(=O)Cc1csc(NC(=O)Cn2nc(N3CCC(C)CC3)ccc2=O)n1. The van der Waals surface area contributed by atoms with Crippen LogP contribution in [0, 0.1) is 5.92 Å². The number of nitrogens with zero attached hydrogens (tertiary/aromatic N) is 4. The molecule has 1 fully saturated rings. The Morgan fingerprint density at radius 3 is 2.79 bits per heavy atom. The fourth-order valence-corrected chi connectivity index (χ4v) is 3.78. The van der Waals surface area contributed by atoms with Crippen LogP contribution in [-0.2, 0) is 27.3 Å². The topological polar surface area (TPSA) is 106 Å². The molecule has 2 aromatic rings. The van der Waals surface area contributed by atoms with Crippen molar-refractivity contribution in [2.45, 2.75) is 39.7 Å². The normalized spacial score (nSPS) is 14.6. The molecule has 0 radical (unpaired) electrons. The van der Waals surface area contributed by atoms with Crippen LogP contribution in [0.4, 0.5) is 10.9 Å². The number of piperidine rings is 1. The highest BCUT2D eigenvalue weighted by molar-refractivity contribution is 7.13. The van der Waals surface area contributed by atoms with Gasteiger partial charge in [-0.05, 0) is 31.7 Å². The van der Waals surface area contributed by atoms with Crippen LogP contribution in [-0.4, -0.2) is 46.3 Å². The van der Waals surface area contributed by atoms with Crippen molar-refractivity contribution in [2.75, 3.05) is 29.9 Å². The maximum atomic E-state index is 12.3. The number of anilines is 2. The van der Waals surface area contributed by atoms with Crippen molar-refractivity contribution in [3.63, 3.8) is 0 Å². The van der Waals surface area contributed by atoms with E-state index in [9.17, 15) is 14.4 Å². The summed E-state index contributed by atoms with van der Waals surface area (Å²) in [4.78, 5) is 42.3. The van der Waals surface area contributed by atoms with Crippen molar-refractivity contribution in [1.29, 1.82) is 0 Å². The molecule has 10 heteroatoms. The van der Waals surface area contributed by atoms with Crippen LogP contribution in [0.2, 0.25) is 0 Å². The van der Waals surface area contributed by atoms with Crippen LogP contribution in [0.1, 0.15) is 32.4 Å². The van der Waals surface area contributed by atoms with Crippen molar-refractivity contribution in [1.82, 2.24) is 14.8 Å². The molecule has 0 aliphatic carbocycles. The standard InChI is InChI=1S/C19H25N5O4S/c1-3-28-18(27)10-14-12-29-19(20-14)21-16(25)11-24-17(26)5-4-15(22-24)23-8-6-13(2)7-9-23/h4-5,12-13H,3,6-11H2,1-2H3,(H,20,21,25). The molecule has 1 aliphatic rings. The van der Waals surface area contributed by atoms with Gasteiger partial charge in [0.25, 0.3) is 5.56 Å². The van der Waals surface area contributed by atoms with Crippen LogP contribution >= 0.6 is 11.3 Å². The molecule has 1 aliphatic heterocycles. The number of thiazole rings is 1. The number of hydrogen-bond acceptors (Lipinski definition) is 8. The van der Waals surface area contributed by atoms with E-state index < -0.39 is 5.91 Å². The Morgan fingerprint density at radius 1 is 1.31 bits per heavy atom. The van der Waals surface area contributed by atoms with Crippen LogP contribution < -0.4 is 15.8 Å². The van der Waals surface area contributed by atoms with Gasteiger partial charge in [0.05, 0.1) is 18.7 Å². The van der Waals surface area contributed by atoms with Gasteiger partial charge < -0.3 is 15.0 Å². The second kappa shape index (κ2) is 9.64. The molecule has 0 saturated carbocycles. The van der Waals surface area contributed by atoms with Crippen molar-refractivity contribution in [3.8, 4) is 0 Å². The minimum Gasteiger partial charge on any atom is -0.466 e. The molecular formula is C19H25N5O4S. The highest BCUT2D eigenvalue weighted by Crippen LogP contribution is 2.20.